The Kier molecular flexibility index (Phi) is 0.730. The number of benzene rings is 1. The normalized spacial score (nSPS) is 16.2. The summed E-state index contributed by atoms with van der Waals surface area (Å²) < 4.78 is 29.8. The van der Waals surface area contributed by atoms with Crippen LogP contribution >= 0.6 is 15.9 Å². The first kappa shape index (κ1) is 2.53. The third kappa shape index (κ3) is 1.10. The second kappa shape index (κ2) is 2.31. The van der Waals surface area contributed by atoms with Crippen molar-refractivity contribution in [1.82, 2.24) is 0 Å². The monoisotopic (exact) mass is 174 g/mol. The molecule has 0 unspecified atom stereocenters. The maximum atomic E-state index is 7.40. The number of hydrogen-bond donors (Lipinski definition) is 0. The molecule has 0 radical (unpaired) electrons. The molecule has 8 heavy (non-hydrogen) atoms. The van der Waals surface area contributed by atoms with Crippen molar-refractivity contribution in [3.63, 3.8) is 0 Å². The second-order valence-electron chi connectivity index (χ2n) is 1.44. The molecule has 0 spiro atoms. The Morgan fingerprint density at radius 1 is 1.50 bits per heavy atom. The van der Waals surface area contributed by atoms with Gasteiger partial charge in [-0.25, -0.2) is 0 Å². The van der Waals surface area contributed by atoms with Gasteiger partial charge in [0.1, 0.15) is 0 Å². The number of halogens is 1. The summed E-state index contributed by atoms with van der Waals surface area (Å²) in [6.07, 6.45) is 0. The van der Waals surface area contributed by atoms with Crippen LogP contribution in [0.25, 0.3) is 0 Å². The lowest BCUT2D eigenvalue weighted by Gasteiger charge is -1.91. The van der Waals surface area contributed by atoms with Gasteiger partial charge in [0.2, 0.25) is 0 Å². The molecule has 1 rings (SSSR count). The summed E-state index contributed by atoms with van der Waals surface area (Å²) in [5.74, 6) is 0. The molecule has 0 aliphatic rings. The summed E-state index contributed by atoms with van der Waals surface area (Å²) in [5.41, 5.74) is 0.543. The van der Waals surface area contributed by atoms with Gasteiger partial charge < -0.3 is 0 Å². The zero-order valence-corrected chi connectivity index (χ0v) is 5.96. The Hall–Kier alpha value is -0.300. The van der Waals surface area contributed by atoms with Gasteiger partial charge in [-0.05, 0) is 18.5 Å². The molecule has 0 saturated heterocycles. The van der Waals surface area contributed by atoms with Crippen molar-refractivity contribution in [3.8, 4) is 0 Å². The SMILES string of the molecule is [2H]c1c([2H])c([2H])c(Br)c(C)c1[2H]. The summed E-state index contributed by atoms with van der Waals surface area (Å²) in [4.78, 5) is 0. The van der Waals surface area contributed by atoms with E-state index in [1.807, 2.05) is 0 Å². The molecule has 0 N–H and O–H groups in total. The molecule has 42 valence electrons. The Morgan fingerprint density at radius 2 is 2.12 bits per heavy atom. The zero-order valence-electron chi connectivity index (χ0n) is 8.38. The minimum absolute atomic E-state index is 0.0166. The molecular formula is C7H7Br. The van der Waals surface area contributed by atoms with Crippen molar-refractivity contribution in [2.75, 3.05) is 0 Å². The maximum absolute atomic E-state index is 7.40. The third-order valence-electron chi connectivity index (χ3n) is 0.814. The summed E-state index contributed by atoms with van der Waals surface area (Å²) in [6.45, 7) is 1.65. The summed E-state index contributed by atoms with van der Waals surface area (Å²) in [6, 6.07) is -0.380. The molecule has 0 saturated carbocycles. The second-order valence-corrected chi connectivity index (χ2v) is 2.23. The molecular weight excluding hydrogens is 164 g/mol. The van der Waals surface area contributed by atoms with Crippen LogP contribution in [0, 0.1) is 6.92 Å². The highest BCUT2D eigenvalue weighted by Gasteiger charge is 1.85. The fraction of sp³-hybridized carbons (Fsp3) is 0.143. The van der Waals surface area contributed by atoms with Gasteiger partial charge in [-0.2, -0.15) is 0 Å². The van der Waals surface area contributed by atoms with E-state index in [-0.39, 0.29) is 24.2 Å². The van der Waals surface area contributed by atoms with Crippen molar-refractivity contribution in [1.29, 1.82) is 0 Å². The van der Waals surface area contributed by atoms with Gasteiger partial charge in [0, 0.05) is 4.47 Å². The third-order valence-corrected chi connectivity index (χ3v) is 1.61. The average molecular weight is 175 g/mol. The summed E-state index contributed by atoms with van der Waals surface area (Å²) in [5, 5.41) is 0. The Morgan fingerprint density at radius 3 is 2.88 bits per heavy atom. The summed E-state index contributed by atoms with van der Waals surface area (Å²) >= 11 is 3.10. The first-order chi connectivity index (χ1) is 5.46. The molecule has 1 aromatic carbocycles. The van der Waals surface area contributed by atoms with E-state index in [1.165, 1.54) is 0 Å². The van der Waals surface area contributed by atoms with Crippen LogP contribution in [0.1, 0.15) is 11.0 Å². The number of rotatable bonds is 0. The first-order valence-electron chi connectivity index (χ1n) is 4.19. The van der Waals surface area contributed by atoms with Crippen molar-refractivity contribution >= 4 is 15.9 Å². The van der Waals surface area contributed by atoms with Gasteiger partial charge in [-0.3, -0.25) is 0 Å². The van der Waals surface area contributed by atoms with Gasteiger partial charge in [0.25, 0.3) is 0 Å². The molecule has 0 bridgehead atoms. The van der Waals surface area contributed by atoms with Gasteiger partial charge in [0.15, 0.2) is 0 Å². The molecule has 1 heteroatoms. The highest BCUT2D eigenvalue weighted by molar-refractivity contribution is 9.10. The highest BCUT2D eigenvalue weighted by atomic mass is 79.9. The van der Waals surface area contributed by atoms with Crippen LogP contribution in [0.15, 0.2) is 28.6 Å². The van der Waals surface area contributed by atoms with E-state index in [0.717, 1.165) is 0 Å². The molecule has 0 aromatic heterocycles. The van der Waals surface area contributed by atoms with Crippen molar-refractivity contribution in [2.45, 2.75) is 6.92 Å². The predicted octanol–water partition coefficient (Wildman–Crippen LogP) is 2.76. The molecule has 0 amide bonds. The van der Waals surface area contributed by atoms with Gasteiger partial charge in [-0.1, -0.05) is 34.1 Å². The van der Waals surface area contributed by atoms with Gasteiger partial charge in [0.05, 0.1) is 5.48 Å². The van der Waals surface area contributed by atoms with E-state index in [1.54, 1.807) is 6.92 Å². The Bertz CT molecular complexity index is 230. The molecule has 1 aromatic rings. The lowest BCUT2D eigenvalue weighted by molar-refractivity contribution is 1.43. The van der Waals surface area contributed by atoms with Crippen LogP contribution in [0.2, 0.25) is 0 Å². The lowest BCUT2D eigenvalue weighted by Crippen LogP contribution is -1.69. The van der Waals surface area contributed by atoms with Crippen molar-refractivity contribution < 1.29 is 5.48 Å². The topological polar surface area (TPSA) is 0 Å². The molecule has 0 aliphatic carbocycles. The van der Waals surface area contributed by atoms with E-state index in [0.29, 0.717) is 10.0 Å². The lowest BCUT2D eigenvalue weighted by atomic mass is 10.2. The molecule has 0 fully saturated rings. The quantitative estimate of drug-likeness (QED) is 0.568. The fourth-order valence-electron chi connectivity index (χ4n) is 0.360. The minimum Gasteiger partial charge on any atom is -0.0619 e. The van der Waals surface area contributed by atoms with Crippen LogP contribution in [0.5, 0.6) is 0 Å². The molecule has 0 aliphatic heterocycles. The Labute approximate surface area is 63.3 Å². The summed E-state index contributed by atoms with van der Waals surface area (Å²) in [7, 11) is 0. The van der Waals surface area contributed by atoms with E-state index in [4.69, 9.17) is 5.48 Å². The fourth-order valence-corrected chi connectivity index (χ4v) is 0.558. The predicted molar refractivity (Wildman–Crippen MR) is 38.9 cm³/mol. The average Bonchev–Trinajstić information content (AvgIpc) is 2.08. The largest absolute Gasteiger partial charge is 0.0635 e. The van der Waals surface area contributed by atoms with E-state index in [2.05, 4.69) is 15.9 Å². The molecule has 0 atom stereocenters. The van der Waals surface area contributed by atoms with Crippen LogP contribution in [0.3, 0.4) is 0 Å². The smallest absolute Gasteiger partial charge is 0.0619 e. The first-order valence-corrected chi connectivity index (χ1v) is 2.98. The zero-order chi connectivity index (χ0) is 9.46. The van der Waals surface area contributed by atoms with Crippen molar-refractivity contribution in [3.05, 3.63) is 34.2 Å². The van der Waals surface area contributed by atoms with Crippen molar-refractivity contribution in [2.24, 2.45) is 0 Å². The minimum atomic E-state index is -0.197. The van der Waals surface area contributed by atoms with E-state index >= 15 is 0 Å². The standard InChI is InChI=1S/C7H7Br/c1-6-4-2-3-5-7(6)8/h2-5H,1H3/i2D,3D,4D,5D. The Balaban J connectivity index is 3.60. The highest BCUT2D eigenvalue weighted by Crippen LogP contribution is 2.13. The van der Waals surface area contributed by atoms with Gasteiger partial charge in [-0.15, -0.1) is 0 Å². The van der Waals surface area contributed by atoms with Crippen LogP contribution < -0.4 is 0 Å². The van der Waals surface area contributed by atoms with E-state index in [9.17, 15) is 0 Å². The van der Waals surface area contributed by atoms with Crippen LogP contribution in [-0.4, -0.2) is 0 Å². The van der Waals surface area contributed by atoms with Crippen LogP contribution in [-0.2, 0) is 0 Å². The molecule has 0 nitrogen and oxygen atoms in total. The van der Waals surface area contributed by atoms with E-state index < -0.39 is 0 Å². The maximum Gasteiger partial charge on any atom is 0.0635 e. The molecule has 0 heterocycles. The van der Waals surface area contributed by atoms with Gasteiger partial charge >= 0.3 is 0 Å². The van der Waals surface area contributed by atoms with Crippen LogP contribution in [0.4, 0.5) is 0 Å². The number of hydrogen-bond acceptors (Lipinski definition) is 0.